The van der Waals surface area contributed by atoms with Crippen LogP contribution in [-0.4, -0.2) is 23.9 Å². The molecule has 0 N–H and O–H groups in total. The second-order valence-electron chi connectivity index (χ2n) is 9.80. The van der Waals surface area contributed by atoms with Crippen LogP contribution in [0.2, 0.25) is 0 Å². The van der Waals surface area contributed by atoms with E-state index in [0.717, 1.165) is 23.1 Å². The van der Waals surface area contributed by atoms with Crippen LogP contribution >= 0.6 is 0 Å². The van der Waals surface area contributed by atoms with E-state index in [2.05, 4.69) is 19.1 Å². The number of hydrogen-bond acceptors (Lipinski definition) is 6. The fourth-order valence-corrected chi connectivity index (χ4v) is 7.65. The van der Waals surface area contributed by atoms with Gasteiger partial charge in [0.2, 0.25) is 0 Å². The molecule has 0 spiro atoms. The second kappa shape index (κ2) is 5.61. The minimum Gasteiger partial charge on any atom is -0.393 e. The summed E-state index contributed by atoms with van der Waals surface area (Å²) in [6.45, 7) is 2.15. The molecule has 2 bridgehead atoms. The lowest BCUT2D eigenvalue weighted by Gasteiger charge is -2.54. The Morgan fingerprint density at radius 2 is 1.45 bits per heavy atom. The fourth-order valence-electron chi connectivity index (χ4n) is 7.65. The number of rotatable bonds is 0. The highest BCUT2D eigenvalue weighted by molar-refractivity contribution is 6.02. The van der Waals surface area contributed by atoms with E-state index in [4.69, 9.17) is 9.47 Å². The fraction of sp³-hybridized carbons (Fsp3) is 0.440. The molecule has 8 rings (SSSR count). The van der Waals surface area contributed by atoms with Gasteiger partial charge in [0.05, 0.1) is 23.7 Å². The molecule has 1 aromatic rings. The number of carbonyl (C=O) groups excluding carboxylic acids is 4. The maximum Gasteiger partial charge on any atom is 0.318 e. The molecule has 6 heteroatoms. The highest BCUT2D eigenvalue weighted by atomic mass is 16.6. The largest absolute Gasteiger partial charge is 0.393 e. The zero-order valence-electron chi connectivity index (χ0n) is 16.8. The lowest BCUT2D eigenvalue weighted by atomic mass is 9.46. The molecule has 9 atom stereocenters. The van der Waals surface area contributed by atoms with Crippen molar-refractivity contribution in [2.45, 2.75) is 19.3 Å². The second-order valence-corrected chi connectivity index (χ2v) is 9.80. The van der Waals surface area contributed by atoms with Crippen LogP contribution in [0.4, 0.5) is 0 Å². The smallest absolute Gasteiger partial charge is 0.318 e. The van der Waals surface area contributed by atoms with Gasteiger partial charge in [-0.15, -0.1) is 0 Å². The summed E-state index contributed by atoms with van der Waals surface area (Å²) in [6, 6.07) is 8.22. The van der Waals surface area contributed by atoms with Crippen molar-refractivity contribution in [3.63, 3.8) is 0 Å². The summed E-state index contributed by atoms with van der Waals surface area (Å²) in [6.07, 6.45) is 4.74. The molecular weight excluding hydrogens is 396 g/mol. The summed E-state index contributed by atoms with van der Waals surface area (Å²) in [5.41, 5.74) is 4.48. The van der Waals surface area contributed by atoms with Crippen molar-refractivity contribution in [2.24, 2.45) is 47.3 Å². The number of hydrogen-bond donors (Lipinski definition) is 0. The van der Waals surface area contributed by atoms with E-state index in [0.29, 0.717) is 0 Å². The maximum absolute atomic E-state index is 12.9. The zero-order valence-corrected chi connectivity index (χ0v) is 16.8. The lowest BCUT2D eigenvalue weighted by molar-refractivity contribution is -0.156. The first-order valence-corrected chi connectivity index (χ1v) is 11.0. The molecule has 0 amide bonds. The van der Waals surface area contributed by atoms with E-state index in [9.17, 15) is 19.2 Å². The Hall–Kier alpha value is -3.02. The van der Waals surface area contributed by atoms with Gasteiger partial charge in [-0.05, 0) is 40.9 Å². The number of esters is 4. The van der Waals surface area contributed by atoms with Gasteiger partial charge >= 0.3 is 23.9 Å². The van der Waals surface area contributed by atoms with E-state index < -0.39 is 47.5 Å². The summed E-state index contributed by atoms with van der Waals surface area (Å²) in [5, 5.41) is 0. The molecule has 1 aromatic carbocycles. The van der Waals surface area contributed by atoms with E-state index in [1.165, 1.54) is 5.56 Å². The van der Waals surface area contributed by atoms with Crippen molar-refractivity contribution in [3.8, 4) is 0 Å². The molecule has 0 radical (unpaired) electrons. The first-order chi connectivity index (χ1) is 15.0. The van der Waals surface area contributed by atoms with Gasteiger partial charge < -0.3 is 9.47 Å². The number of cyclic esters (lactones) is 4. The van der Waals surface area contributed by atoms with Crippen molar-refractivity contribution in [1.29, 1.82) is 0 Å². The van der Waals surface area contributed by atoms with Crippen molar-refractivity contribution in [1.82, 2.24) is 0 Å². The van der Waals surface area contributed by atoms with Crippen LogP contribution < -0.4 is 0 Å². The Balaban J connectivity index is 1.55. The molecular formula is C25H20O6. The standard InChI is InChI=1S/C25H20O6/c1-9-8-14-15(11-5-3-2-4-10(9)11)16-12-6-7-13(19-18(12)22(26)30-23(19)27)17(16)21-20(14)24(28)31-25(21)29/h2-7,9,12-14,17-21H,8H2,1H3/t9-,12-,13-,14-,17+,18-,19+,20+,21-/m1/s1. The molecule has 0 unspecified atom stereocenters. The summed E-state index contributed by atoms with van der Waals surface area (Å²) in [7, 11) is 0. The Morgan fingerprint density at radius 3 is 2.26 bits per heavy atom. The molecule has 156 valence electrons. The third-order valence-corrected chi connectivity index (χ3v) is 8.63. The minimum absolute atomic E-state index is 0.126. The van der Waals surface area contributed by atoms with Crippen molar-refractivity contribution >= 4 is 29.5 Å². The van der Waals surface area contributed by atoms with Crippen LogP contribution in [0, 0.1) is 47.3 Å². The average Bonchev–Trinajstić information content (AvgIpc) is 3.24. The highest BCUT2D eigenvalue weighted by Crippen LogP contribution is 2.66. The Morgan fingerprint density at radius 1 is 0.774 bits per heavy atom. The molecule has 2 saturated heterocycles. The van der Waals surface area contributed by atoms with Crippen molar-refractivity contribution in [2.75, 3.05) is 0 Å². The van der Waals surface area contributed by atoms with Crippen LogP contribution in [0.25, 0.3) is 5.57 Å². The van der Waals surface area contributed by atoms with Gasteiger partial charge in [-0.25, -0.2) is 0 Å². The van der Waals surface area contributed by atoms with Gasteiger partial charge in [0.25, 0.3) is 0 Å². The summed E-state index contributed by atoms with van der Waals surface area (Å²) in [4.78, 5) is 51.0. The van der Waals surface area contributed by atoms with E-state index in [1.807, 2.05) is 24.3 Å². The SMILES string of the molecule is C[C@@H]1C[C@@H]2C(=C3[C@H]([C@H]4C=C[C@H]3[C@H]3C(=O)OC(=O)[C@@H]43)[C@H]3C(=O)OC(=O)[C@H]32)c2ccccc21. The van der Waals surface area contributed by atoms with E-state index in [1.54, 1.807) is 0 Å². The van der Waals surface area contributed by atoms with Gasteiger partial charge in [0, 0.05) is 11.8 Å². The zero-order chi connectivity index (χ0) is 21.2. The predicted octanol–water partition coefficient (Wildman–Crippen LogP) is 2.64. The monoisotopic (exact) mass is 416 g/mol. The molecule has 0 aromatic heterocycles. The van der Waals surface area contributed by atoms with Crippen LogP contribution in [0.15, 0.2) is 42.0 Å². The number of benzene rings is 1. The molecule has 7 aliphatic rings. The Bertz CT molecular complexity index is 1170. The number of carbonyl (C=O) groups is 4. The van der Waals surface area contributed by atoms with Crippen LogP contribution in [0.3, 0.4) is 0 Å². The Labute approximate surface area is 178 Å². The average molecular weight is 416 g/mol. The number of ether oxygens (including phenoxy) is 2. The normalized spacial score (nSPS) is 43.7. The van der Waals surface area contributed by atoms with E-state index in [-0.39, 0.29) is 29.6 Å². The molecule has 2 aliphatic heterocycles. The van der Waals surface area contributed by atoms with Gasteiger partial charge in [-0.2, -0.15) is 0 Å². The molecule has 2 heterocycles. The minimum atomic E-state index is -0.601. The summed E-state index contributed by atoms with van der Waals surface area (Å²) >= 11 is 0. The summed E-state index contributed by atoms with van der Waals surface area (Å²) < 4.78 is 10.2. The van der Waals surface area contributed by atoms with Gasteiger partial charge in [-0.1, -0.05) is 48.9 Å². The quantitative estimate of drug-likeness (QED) is 0.367. The van der Waals surface area contributed by atoms with Crippen molar-refractivity contribution in [3.05, 3.63) is 53.1 Å². The number of fused-ring (bicyclic) bond motifs is 5. The maximum atomic E-state index is 12.9. The van der Waals surface area contributed by atoms with Crippen molar-refractivity contribution < 1.29 is 28.7 Å². The lowest BCUT2D eigenvalue weighted by Crippen LogP contribution is -2.53. The highest BCUT2D eigenvalue weighted by Gasteiger charge is 2.68. The predicted molar refractivity (Wildman–Crippen MR) is 106 cm³/mol. The van der Waals surface area contributed by atoms with Gasteiger partial charge in [0.15, 0.2) is 0 Å². The molecule has 6 nitrogen and oxygen atoms in total. The van der Waals surface area contributed by atoms with Gasteiger partial charge in [-0.3, -0.25) is 19.2 Å². The Kier molecular flexibility index (Phi) is 3.19. The number of allylic oxidation sites excluding steroid dienone is 4. The van der Waals surface area contributed by atoms with E-state index >= 15 is 0 Å². The van der Waals surface area contributed by atoms with Crippen LogP contribution in [0.5, 0.6) is 0 Å². The summed E-state index contributed by atoms with van der Waals surface area (Å²) in [5.74, 6) is -5.00. The first kappa shape index (κ1) is 17.6. The molecule has 1 saturated carbocycles. The molecule has 5 aliphatic carbocycles. The topological polar surface area (TPSA) is 86.7 Å². The first-order valence-electron chi connectivity index (χ1n) is 11.0. The third-order valence-electron chi connectivity index (χ3n) is 8.63. The van der Waals surface area contributed by atoms with Gasteiger partial charge in [0.1, 0.15) is 0 Å². The molecule has 3 fully saturated rings. The van der Waals surface area contributed by atoms with Crippen LogP contribution in [-0.2, 0) is 28.7 Å². The van der Waals surface area contributed by atoms with Crippen LogP contribution in [0.1, 0.15) is 30.4 Å². The third kappa shape index (κ3) is 1.95. The molecule has 31 heavy (non-hydrogen) atoms.